The van der Waals surface area contributed by atoms with E-state index in [0.717, 1.165) is 17.8 Å². The van der Waals surface area contributed by atoms with Gasteiger partial charge in [0.25, 0.3) is 0 Å². The lowest BCUT2D eigenvalue weighted by Crippen LogP contribution is -2.28. The van der Waals surface area contributed by atoms with Crippen LogP contribution >= 0.6 is 0 Å². The van der Waals surface area contributed by atoms with E-state index in [0.29, 0.717) is 6.04 Å². The van der Waals surface area contributed by atoms with Crippen molar-refractivity contribution in [2.24, 2.45) is 5.73 Å². The van der Waals surface area contributed by atoms with Crippen LogP contribution in [0.2, 0.25) is 0 Å². The molecule has 2 N–H and O–H groups in total. The number of nitrogens with two attached hydrogens (primary N) is 1. The summed E-state index contributed by atoms with van der Waals surface area (Å²) in [5.41, 5.74) is 6.98. The summed E-state index contributed by atoms with van der Waals surface area (Å²) in [5.74, 6) is 0.999. The zero-order valence-electron chi connectivity index (χ0n) is 10.1. The molecule has 0 saturated carbocycles. The Balaban J connectivity index is 2.90. The molecule has 15 heavy (non-hydrogen) atoms. The van der Waals surface area contributed by atoms with E-state index in [-0.39, 0.29) is 6.04 Å². The predicted octanol–water partition coefficient (Wildman–Crippen LogP) is 2.34. The minimum absolute atomic E-state index is 0.0667. The number of anilines is 1. The molecule has 0 aromatic carbocycles. The molecule has 84 valence electrons. The van der Waals surface area contributed by atoms with Crippen molar-refractivity contribution in [3.05, 3.63) is 23.9 Å². The zero-order chi connectivity index (χ0) is 11.4. The second kappa shape index (κ2) is 5.12. The molecule has 2 atom stereocenters. The lowest BCUT2D eigenvalue weighted by Gasteiger charge is -2.25. The van der Waals surface area contributed by atoms with Gasteiger partial charge in [-0.2, -0.15) is 0 Å². The number of hydrogen-bond donors (Lipinski definition) is 1. The van der Waals surface area contributed by atoms with E-state index >= 15 is 0 Å². The van der Waals surface area contributed by atoms with Crippen molar-refractivity contribution in [2.45, 2.75) is 39.3 Å². The fourth-order valence-electron chi connectivity index (χ4n) is 1.41. The second-order valence-corrected chi connectivity index (χ2v) is 4.10. The maximum Gasteiger partial charge on any atom is 0.128 e. The van der Waals surface area contributed by atoms with E-state index in [2.05, 4.69) is 36.8 Å². The third-order valence-electron chi connectivity index (χ3n) is 2.91. The highest BCUT2D eigenvalue weighted by Crippen LogP contribution is 2.18. The summed E-state index contributed by atoms with van der Waals surface area (Å²) in [6, 6.07) is 4.60. The van der Waals surface area contributed by atoms with Crippen molar-refractivity contribution < 1.29 is 0 Å². The van der Waals surface area contributed by atoms with Gasteiger partial charge in [0.2, 0.25) is 0 Å². The van der Waals surface area contributed by atoms with Gasteiger partial charge in [-0.15, -0.1) is 0 Å². The molecular weight excluding hydrogens is 186 g/mol. The molecule has 3 heteroatoms. The van der Waals surface area contributed by atoms with Gasteiger partial charge in [0.05, 0.1) is 0 Å². The average molecular weight is 207 g/mol. The third kappa shape index (κ3) is 2.93. The van der Waals surface area contributed by atoms with Crippen molar-refractivity contribution >= 4 is 5.82 Å². The molecule has 0 amide bonds. The fraction of sp³-hybridized carbons (Fsp3) is 0.583. The van der Waals surface area contributed by atoms with Crippen LogP contribution < -0.4 is 10.6 Å². The summed E-state index contributed by atoms with van der Waals surface area (Å²) < 4.78 is 0. The topological polar surface area (TPSA) is 42.1 Å². The zero-order valence-corrected chi connectivity index (χ0v) is 10.1. The SMILES string of the molecule is CCC(C)N(C)c1cc(C(C)N)ccn1. The van der Waals surface area contributed by atoms with E-state index in [1.807, 2.05) is 19.2 Å². The molecule has 0 aliphatic heterocycles. The van der Waals surface area contributed by atoms with E-state index in [9.17, 15) is 0 Å². The van der Waals surface area contributed by atoms with E-state index < -0.39 is 0 Å². The second-order valence-electron chi connectivity index (χ2n) is 4.10. The van der Waals surface area contributed by atoms with Gasteiger partial charge in [-0.1, -0.05) is 6.92 Å². The maximum atomic E-state index is 5.85. The van der Waals surface area contributed by atoms with Crippen LogP contribution in [0.4, 0.5) is 5.82 Å². The molecule has 0 fully saturated rings. The van der Waals surface area contributed by atoms with Gasteiger partial charge in [0.1, 0.15) is 5.82 Å². The first-order valence-electron chi connectivity index (χ1n) is 5.50. The van der Waals surface area contributed by atoms with Gasteiger partial charge in [-0.3, -0.25) is 0 Å². The molecular formula is C12H21N3. The van der Waals surface area contributed by atoms with E-state index in [1.165, 1.54) is 0 Å². The van der Waals surface area contributed by atoms with Crippen LogP contribution in [-0.2, 0) is 0 Å². The Kier molecular flexibility index (Phi) is 4.09. The highest BCUT2D eigenvalue weighted by molar-refractivity contribution is 5.41. The van der Waals surface area contributed by atoms with Crippen molar-refractivity contribution in [2.75, 3.05) is 11.9 Å². The summed E-state index contributed by atoms with van der Waals surface area (Å²) in [7, 11) is 2.07. The molecule has 0 bridgehead atoms. The number of rotatable bonds is 4. The van der Waals surface area contributed by atoms with Crippen LogP contribution in [0.15, 0.2) is 18.3 Å². The van der Waals surface area contributed by atoms with Crippen molar-refractivity contribution in [3.63, 3.8) is 0 Å². The van der Waals surface area contributed by atoms with Gasteiger partial charge in [-0.25, -0.2) is 4.98 Å². The minimum atomic E-state index is 0.0667. The highest BCUT2D eigenvalue weighted by Gasteiger charge is 2.10. The molecule has 3 nitrogen and oxygen atoms in total. The van der Waals surface area contributed by atoms with Gasteiger partial charge in [0, 0.05) is 25.3 Å². The molecule has 1 heterocycles. The van der Waals surface area contributed by atoms with E-state index in [1.54, 1.807) is 0 Å². The lowest BCUT2D eigenvalue weighted by molar-refractivity contribution is 0.655. The Bertz CT molecular complexity index is 309. The van der Waals surface area contributed by atoms with Crippen molar-refractivity contribution in [1.29, 1.82) is 0 Å². The molecule has 0 aliphatic rings. The van der Waals surface area contributed by atoms with Crippen LogP contribution in [0.5, 0.6) is 0 Å². The quantitative estimate of drug-likeness (QED) is 0.824. The maximum absolute atomic E-state index is 5.85. The first-order valence-corrected chi connectivity index (χ1v) is 5.50. The molecule has 0 radical (unpaired) electrons. The molecule has 1 rings (SSSR count). The summed E-state index contributed by atoms with van der Waals surface area (Å²) in [6.45, 7) is 6.36. The average Bonchev–Trinajstić information content (AvgIpc) is 2.27. The molecule has 1 aromatic heterocycles. The van der Waals surface area contributed by atoms with Crippen LogP contribution in [0.3, 0.4) is 0 Å². The summed E-state index contributed by atoms with van der Waals surface area (Å²) in [6.07, 6.45) is 2.94. The van der Waals surface area contributed by atoms with Crippen LogP contribution in [0.25, 0.3) is 0 Å². The molecule has 0 aliphatic carbocycles. The predicted molar refractivity (Wildman–Crippen MR) is 65.0 cm³/mol. The van der Waals surface area contributed by atoms with Crippen molar-refractivity contribution in [1.82, 2.24) is 4.98 Å². The van der Waals surface area contributed by atoms with Gasteiger partial charge < -0.3 is 10.6 Å². The Morgan fingerprint density at radius 3 is 2.67 bits per heavy atom. The Morgan fingerprint density at radius 2 is 2.13 bits per heavy atom. The number of hydrogen-bond acceptors (Lipinski definition) is 3. The van der Waals surface area contributed by atoms with Gasteiger partial charge >= 0.3 is 0 Å². The van der Waals surface area contributed by atoms with Crippen LogP contribution in [-0.4, -0.2) is 18.1 Å². The number of aromatic nitrogens is 1. The third-order valence-corrected chi connectivity index (χ3v) is 2.91. The first kappa shape index (κ1) is 12.0. The normalized spacial score (nSPS) is 14.7. The summed E-state index contributed by atoms with van der Waals surface area (Å²) in [4.78, 5) is 6.55. The Hall–Kier alpha value is -1.09. The highest BCUT2D eigenvalue weighted by atomic mass is 15.2. The van der Waals surface area contributed by atoms with Gasteiger partial charge in [0.15, 0.2) is 0 Å². The van der Waals surface area contributed by atoms with Crippen LogP contribution in [0.1, 0.15) is 38.8 Å². The number of pyridine rings is 1. The summed E-state index contributed by atoms with van der Waals surface area (Å²) in [5, 5.41) is 0. The monoisotopic (exact) mass is 207 g/mol. The van der Waals surface area contributed by atoms with E-state index in [4.69, 9.17) is 5.73 Å². The fourth-order valence-corrected chi connectivity index (χ4v) is 1.41. The smallest absolute Gasteiger partial charge is 0.128 e. The molecule has 0 saturated heterocycles. The standard InChI is InChI=1S/C12H21N3/c1-5-9(2)15(4)12-8-11(10(3)13)6-7-14-12/h6-10H,5,13H2,1-4H3. The number of nitrogens with zero attached hydrogens (tertiary/aromatic N) is 2. The lowest BCUT2D eigenvalue weighted by atomic mass is 10.1. The molecule has 2 unspecified atom stereocenters. The minimum Gasteiger partial charge on any atom is -0.357 e. The van der Waals surface area contributed by atoms with Gasteiger partial charge in [-0.05, 0) is 38.0 Å². The first-order chi connectivity index (χ1) is 7.06. The largest absolute Gasteiger partial charge is 0.357 e. The van der Waals surface area contributed by atoms with Crippen LogP contribution in [0, 0.1) is 0 Å². The molecule has 1 aromatic rings. The molecule has 0 spiro atoms. The Labute approximate surface area is 92.3 Å². The van der Waals surface area contributed by atoms with Crippen molar-refractivity contribution in [3.8, 4) is 0 Å². The Morgan fingerprint density at radius 1 is 1.47 bits per heavy atom. The summed E-state index contributed by atoms with van der Waals surface area (Å²) >= 11 is 0.